The fourth-order valence-corrected chi connectivity index (χ4v) is 5.77. The van der Waals surface area contributed by atoms with Crippen molar-refractivity contribution in [3.8, 4) is 39.5 Å². The highest BCUT2D eigenvalue weighted by Gasteiger charge is 2.21. The van der Waals surface area contributed by atoms with E-state index in [9.17, 15) is 0 Å². The summed E-state index contributed by atoms with van der Waals surface area (Å²) < 4.78 is 2.28. The van der Waals surface area contributed by atoms with Gasteiger partial charge in [-0.25, -0.2) is 9.97 Å². The molecule has 8 rings (SSSR count). The molecule has 4 heteroatoms. The third-order valence-electron chi connectivity index (χ3n) is 7.64. The molecule has 0 aliphatic carbocycles. The van der Waals surface area contributed by atoms with Crippen molar-refractivity contribution in [2.45, 2.75) is 0 Å². The molecule has 3 heterocycles. The van der Waals surface area contributed by atoms with Gasteiger partial charge in [-0.05, 0) is 12.1 Å². The fourth-order valence-electron chi connectivity index (χ4n) is 5.77. The molecule has 0 aliphatic heterocycles. The Morgan fingerprint density at radius 1 is 0.390 bits per heavy atom. The zero-order valence-electron chi connectivity index (χ0n) is 22.1. The number of fused-ring (bicyclic) bond motifs is 4. The molecule has 0 radical (unpaired) electrons. The molecule has 8 aromatic rings. The van der Waals surface area contributed by atoms with Gasteiger partial charge in [0.15, 0.2) is 0 Å². The number of para-hydroxylation sites is 2. The van der Waals surface area contributed by atoms with Gasteiger partial charge in [-0.1, -0.05) is 127 Å². The molecule has 0 N–H and O–H groups in total. The van der Waals surface area contributed by atoms with Crippen LogP contribution in [0.15, 0.2) is 146 Å². The summed E-state index contributed by atoms with van der Waals surface area (Å²) >= 11 is 0. The summed E-state index contributed by atoms with van der Waals surface area (Å²) in [5, 5.41) is 2.39. The molecule has 4 nitrogen and oxygen atoms in total. The van der Waals surface area contributed by atoms with Gasteiger partial charge in [0.1, 0.15) is 11.0 Å². The normalized spacial score (nSPS) is 11.4. The first kappa shape index (κ1) is 23.3. The Balaban J connectivity index is 1.54. The molecular formula is C37H24N4. The highest BCUT2D eigenvalue weighted by Crippen LogP contribution is 2.38. The van der Waals surface area contributed by atoms with Crippen LogP contribution in [-0.2, 0) is 0 Å². The van der Waals surface area contributed by atoms with E-state index >= 15 is 0 Å². The minimum absolute atomic E-state index is 0.772. The summed E-state index contributed by atoms with van der Waals surface area (Å²) in [6.07, 6.45) is 1.95. The quantitative estimate of drug-likeness (QED) is 0.231. The van der Waals surface area contributed by atoms with E-state index in [0.29, 0.717) is 0 Å². The van der Waals surface area contributed by atoms with Gasteiger partial charge >= 0.3 is 0 Å². The lowest BCUT2D eigenvalue weighted by Crippen LogP contribution is -2.04. The monoisotopic (exact) mass is 524 g/mol. The smallest absolute Gasteiger partial charge is 0.118 e. The molecule has 192 valence electrons. The molecule has 0 aliphatic rings. The summed E-state index contributed by atoms with van der Waals surface area (Å²) in [6.45, 7) is 0. The molecule has 0 amide bonds. The van der Waals surface area contributed by atoms with Crippen LogP contribution in [0.2, 0.25) is 0 Å². The second-order valence-electron chi connectivity index (χ2n) is 10.1. The number of rotatable bonds is 4. The minimum atomic E-state index is 0.772. The van der Waals surface area contributed by atoms with Gasteiger partial charge in [0.2, 0.25) is 0 Å². The molecule has 0 saturated heterocycles. The van der Waals surface area contributed by atoms with Gasteiger partial charge in [-0.2, -0.15) is 0 Å². The van der Waals surface area contributed by atoms with E-state index in [-0.39, 0.29) is 0 Å². The average molecular weight is 525 g/mol. The van der Waals surface area contributed by atoms with Crippen molar-refractivity contribution >= 4 is 32.8 Å². The maximum absolute atomic E-state index is 5.45. The Hall–Kier alpha value is -5.61. The average Bonchev–Trinajstić information content (AvgIpc) is 3.39. The predicted octanol–water partition coefficient (Wildman–Crippen LogP) is 9.12. The van der Waals surface area contributed by atoms with Crippen molar-refractivity contribution in [3.05, 3.63) is 146 Å². The lowest BCUT2D eigenvalue weighted by molar-refractivity contribution is 1.14. The maximum Gasteiger partial charge on any atom is 0.118 e. The van der Waals surface area contributed by atoms with Crippen molar-refractivity contribution in [3.63, 3.8) is 0 Å². The lowest BCUT2D eigenvalue weighted by atomic mass is 10.0. The molecule has 5 aromatic carbocycles. The number of hydrogen-bond acceptors (Lipinski definition) is 3. The van der Waals surface area contributed by atoms with Gasteiger partial charge in [0.05, 0.1) is 40.0 Å². The van der Waals surface area contributed by atoms with Crippen molar-refractivity contribution in [1.82, 2.24) is 19.5 Å². The van der Waals surface area contributed by atoms with Crippen molar-refractivity contribution in [2.75, 3.05) is 0 Å². The third-order valence-corrected chi connectivity index (χ3v) is 7.64. The van der Waals surface area contributed by atoms with E-state index in [0.717, 1.165) is 61.5 Å². The Kier molecular flexibility index (Phi) is 5.42. The Morgan fingerprint density at radius 3 is 1.32 bits per heavy atom. The number of pyridine rings is 1. The van der Waals surface area contributed by atoms with E-state index in [1.807, 2.05) is 60.8 Å². The molecule has 0 saturated carbocycles. The van der Waals surface area contributed by atoms with E-state index in [2.05, 4.69) is 89.5 Å². The van der Waals surface area contributed by atoms with Gasteiger partial charge in [0, 0.05) is 27.5 Å². The summed E-state index contributed by atoms with van der Waals surface area (Å²) in [6, 6.07) is 47.9. The van der Waals surface area contributed by atoms with Gasteiger partial charge in [-0.15, -0.1) is 0 Å². The zero-order valence-corrected chi connectivity index (χ0v) is 22.1. The topological polar surface area (TPSA) is 43.6 Å². The zero-order chi connectivity index (χ0) is 27.2. The van der Waals surface area contributed by atoms with Crippen LogP contribution in [0.4, 0.5) is 0 Å². The lowest BCUT2D eigenvalue weighted by Gasteiger charge is -2.16. The molecular weight excluding hydrogens is 500 g/mol. The van der Waals surface area contributed by atoms with Gasteiger partial charge < -0.3 is 4.57 Å². The van der Waals surface area contributed by atoms with Crippen LogP contribution in [-0.4, -0.2) is 19.5 Å². The molecule has 0 spiro atoms. The van der Waals surface area contributed by atoms with Crippen LogP contribution < -0.4 is 0 Å². The summed E-state index contributed by atoms with van der Waals surface area (Å²) in [7, 11) is 0. The van der Waals surface area contributed by atoms with Crippen molar-refractivity contribution in [2.24, 2.45) is 0 Å². The van der Waals surface area contributed by atoms with E-state index < -0.39 is 0 Å². The molecule has 0 fully saturated rings. The van der Waals surface area contributed by atoms with Crippen LogP contribution in [0.1, 0.15) is 0 Å². The fraction of sp³-hybridized carbons (Fsp3) is 0. The standard InChI is InChI=1S/C37H24N4/c1-4-14-25(15-5-1)33-37-36(39-34(26-16-6-2-7-17-26)35(40-37)27-18-8-3-9-19-27)32(24-38-33)41-30-22-12-10-20-28(30)29-21-11-13-23-31(29)41/h1-24H. The second-order valence-corrected chi connectivity index (χ2v) is 10.1. The summed E-state index contributed by atoms with van der Waals surface area (Å²) in [5.74, 6) is 0. The first-order valence-electron chi connectivity index (χ1n) is 13.7. The Morgan fingerprint density at radius 2 is 0.805 bits per heavy atom. The summed E-state index contributed by atoms with van der Waals surface area (Å²) in [4.78, 5) is 15.9. The van der Waals surface area contributed by atoms with Crippen LogP contribution in [0.25, 0.3) is 72.3 Å². The molecule has 0 bridgehead atoms. The van der Waals surface area contributed by atoms with E-state index in [1.165, 1.54) is 10.8 Å². The first-order chi connectivity index (χ1) is 20.4. The second kappa shape index (κ2) is 9.54. The Bertz CT molecular complexity index is 2130. The molecule has 41 heavy (non-hydrogen) atoms. The van der Waals surface area contributed by atoms with Crippen LogP contribution in [0.5, 0.6) is 0 Å². The van der Waals surface area contributed by atoms with Crippen LogP contribution in [0, 0.1) is 0 Å². The highest BCUT2D eigenvalue weighted by molar-refractivity contribution is 6.10. The highest BCUT2D eigenvalue weighted by atomic mass is 15.0. The maximum atomic E-state index is 5.45. The largest absolute Gasteiger partial charge is 0.306 e. The SMILES string of the molecule is c1ccc(-c2nc3c(-n4c5ccccc5c5ccccc54)cnc(-c4ccccc4)c3nc2-c2ccccc2)cc1. The predicted molar refractivity (Wildman–Crippen MR) is 168 cm³/mol. The van der Waals surface area contributed by atoms with Crippen LogP contribution >= 0.6 is 0 Å². The van der Waals surface area contributed by atoms with Gasteiger partial charge in [-0.3, -0.25) is 4.98 Å². The number of aromatic nitrogens is 4. The van der Waals surface area contributed by atoms with Crippen LogP contribution in [0.3, 0.4) is 0 Å². The van der Waals surface area contributed by atoms with Crippen molar-refractivity contribution < 1.29 is 0 Å². The molecule has 0 atom stereocenters. The molecule has 3 aromatic heterocycles. The summed E-state index contributed by atoms with van der Waals surface area (Å²) in [5.41, 5.74) is 10.2. The third kappa shape index (κ3) is 3.80. The van der Waals surface area contributed by atoms with Gasteiger partial charge in [0.25, 0.3) is 0 Å². The number of hydrogen-bond donors (Lipinski definition) is 0. The molecule has 0 unspecified atom stereocenters. The van der Waals surface area contributed by atoms with E-state index in [1.54, 1.807) is 0 Å². The minimum Gasteiger partial charge on any atom is -0.306 e. The Labute approximate surface area is 237 Å². The van der Waals surface area contributed by atoms with Crippen molar-refractivity contribution in [1.29, 1.82) is 0 Å². The number of nitrogens with zero attached hydrogens (tertiary/aromatic N) is 4. The van der Waals surface area contributed by atoms with E-state index in [4.69, 9.17) is 15.0 Å². The number of benzene rings is 5. The first-order valence-corrected chi connectivity index (χ1v) is 13.7.